The molecular formula is C18H22N2O4S2. The quantitative estimate of drug-likeness (QED) is 0.783. The highest BCUT2D eigenvalue weighted by Crippen LogP contribution is 2.23. The Morgan fingerprint density at radius 3 is 2.81 bits per heavy atom. The Morgan fingerprint density at radius 2 is 2.12 bits per heavy atom. The average Bonchev–Trinajstić information content (AvgIpc) is 3.32. The number of rotatable bonds is 7. The zero-order valence-electron chi connectivity index (χ0n) is 14.6. The van der Waals surface area contributed by atoms with Crippen LogP contribution in [0.4, 0.5) is 0 Å². The maximum atomic E-state index is 12.7. The number of carbonyl (C=O) groups is 1. The standard InChI is InChI=1S/C18H22N2O4S2/c1-20(12-14-6-3-2-4-7-14)26(22,23)16-10-17(25-13-16)18(21)19-11-15-8-5-9-24-15/h2-4,6-7,10,13,15H,5,8-9,11-12H2,1H3,(H,19,21)/t15-/m1/s1. The summed E-state index contributed by atoms with van der Waals surface area (Å²) >= 11 is 1.13. The Hall–Kier alpha value is -1.74. The van der Waals surface area contributed by atoms with Gasteiger partial charge in [0.15, 0.2) is 0 Å². The van der Waals surface area contributed by atoms with Crippen molar-refractivity contribution in [2.75, 3.05) is 20.2 Å². The van der Waals surface area contributed by atoms with Gasteiger partial charge in [-0.15, -0.1) is 11.3 Å². The number of nitrogens with zero attached hydrogens (tertiary/aromatic N) is 1. The smallest absolute Gasteiger partial charge is 0.261 e. The van der Waals surface area contributed by atoms with Crippen molar-refractivity contribution >= 4 is 27.3 Å². The largest absolute Gasteiger partial charge is 0.376 e. The van der Waals surface area contributed by atoms with Crippen LogP contribution in [0.1, 0.15) is 28.1 Å². The maximum Gasteiger partial charge on any atom is 0.261 e. The first-order valence-corrected chi connectivity index (χ1v) is 10.8. The van der Waals surface area contributed by atoms with E-state index >= 15 is 0 Å². The van der Waals surface area contributed by atoms with Crippen LogP contribution >= 0.6 is 11.3 Å². The van der Waals surface area contributed by atoms with Crippen LogP contribution in [0.5, 0.6) is 0 Å². The van der Waals surface area contributed by atoms with Crippen LogP contribution < -0.4 is 5.32 Å². The lowest BCUT2D eigenvalue weighted by atomic mass is 10.2. The first-order valence-electron chi connectivity index (χ1n) is 8.45. The number of hydrogen-bond donors (Lipinski definition) is 1. The van der Waals surface area contributed by atoms with Crippen molar-refractivity contribution in [1.82, 2.24) is 9.62 Å². The molecule has 26 heavy (non-hydrogen) atoms. The zero-order valence-corrected chi connectivity index (χ0v) is 16.2. The third-order valence-electron chi connectivity index (χ3n) is 4.27. The predicted molar refractivity (Wildman–Crippen MR) is 101 cm³/mol. The highest BCUT2D eigenvalue weighted by Gasteiger charge is 2.24. The molecule has 1 aromatic heterocycles. The van der Waals surface area contributed by atoms with Crippen LogP contribution in [0.15, 0.2) is 46.7 Å². The fourth-order valence-corrected chi connectivity index (χ4v) is 5.11. The van der Waals surface area contributed by atoms with Gasteiger partial charge < -0.3 is 10.1 Å². The molecule has 0 saturated carbocycles. The zero-order chi connectivity index (χ0) is 18.6. The number of benzene rings is 1. The van der Waals surface area contributed by atoms with Crippen molar-refractivity contribution in [3.63, 3.8) is 0 Å². The fourth-order valence-electron chi connectivity index (χ4n) is 2.78. The van der Waals surface area contributed by atoms with Gasteiger partial charge in [0, 0.05) is 32.1 Å². The summed E-state index contributed by atoms with van der Waals surface area (Å²) in [4.78, 5) is 12.8. The second-order valence-electron chi connectivity index (χ2n) is 6.24. The minimum atomic E-state index is -3.64. The lowest BCUT2D eigenvalue weighted by molar-refractivity contribution is 0.0861. The second kappa shape index (κ2) is 8.30. The summed E-state index contributed by atoms with van der Waals surface area (Å²) in [5, 5.41) is 4.32. The van der Waals surface area contributed by atoms with Gasteiger partial charge in [-0.05, 0) is 24.5 Å². The normalized spacial score (nSPS) is 17.5. The molecule has 0 bridgehead atoms. The fraction of sp³-hybridized carbons (Fsp3) is 0.389. The Bertz CT molecular complexity index is 843. The van der Waals surface area contributed by atoms with Crippen LogP contribution in [0.25, 0.3) is 0 Å². The SMILES string of the molecule is CN(Cc1ccccc1)S(=O)(=O)c1csc(C(=O)NC[C@H]2CCCO2)c1. The van der Waals surface area contributed by atoms with E-state index in [1.165, 1.54) is 22.8 Å². The van der Waals surface area contributed by atoms with E-state index in [1.807, 2.05) is 30.3 Å². The molecule has 1 aliphatic rings. The highest BCUT2D eigenvalue weighted by atomic mass is 32.2. The third kappa shape index (κ3) is 4.50. The summed E-state index contributed by atoms with van der Waals surface area (Å²) in [6.45, 7) is 1.46. The average molecular weight is 395 g/mol. The summed E-state index contributed by atoms with van der Waals surface area (Å²) in [5.41, 5.74) is 0.906. The molecule has 0 aliphatic carbocycles. The summed E-state index contributed by atoms with van der Waals surface area (Å²) in [7, 11) is -2.10. The van der Waals surface area contributed by atoms with Crippen molar-refractivity contribution in [3.05, 3.63) is 52.2 Å². The lowest BCUT2D eigenvalue weighted by Crippen LogP contribution is -2.31. The van der Waals surface area contributed by atoms with Gasteiger partial charge in [0.05, 0.1) is 15.9 Å². The van der Waals surface area contributed by atoms with Gasteiger partial charge in [-0.25, -0.2) is 8.42 Å². The third-order valence-corrected chi connectivity index (χ3v) is 7.13. The molecule has 0 unspecified atom stereocenters. The van der Waals surface area contributed by atoms with Crippen molar-refractivity contribution in [1.29, 1.82) is 0 Å². The number of carbonyl (C=O) groups excluding carboxylic acids is 1. The summed E-state index contributed by atoms with van der Waals surface area (Å²) in [6, 6.07) is 10.8. The molecular weight excluding hydrogens is 372 g/mol. The van der Waals surface area contributed by atoms with Crippen LogP contribution in [-0.4, -0.2) is 44.9 Å². The molecule has 140 valence electrons. The van der Waals surface area contributed by atoms with Crippen LogP contribution in [0.3, 0.4) is 0 Å². The second-order valence-corrected chi connectivity index (χ2v) is 9.19. The Kier molecular flexibility index (Phi) is 6.08. The van der Waals surface area contributed by atoms with Crippen molar-refractivity contribution in [3.8, 4) is 0 Å². The van der Waals surface area contributed by atoms with E-state index in [2.05, 4.69) is 5.32 Å². The van der Waals surface area contributed by atoms with E-state index in [1.54, 1.807) is 0 Å². The number of thiophene rings is 1. The first kappa shape index (κ1) is 19.0. The molecule has 1 aromatic carbocycles. The van der Waals surface area contributed by atoms with Gasteiger partial charge in [0.25, 0.3) is 5.91 Å². The lowest BCUT2D eigenvalue weighted by Gasteiger charge is -2.16. The number of hydrogen-bond acceptors (Lipinski definition) is 5. The van der Waals surface area contributed by atoms with E-state index < -0.39 is 10.0 Å². The van der Waals surface area contributed by atoms with Crippen molar-refractivity contribution < 1.29 is 17.9 Å². The van der Waals surface area contributed by atoms with Crippen LogP contribution in [0, 0.1) is 0 Å². The topological polar surface area (TPSA) is 75.7 Å². The first-order chi connectivity index (χ1) is 12.5. The number of amides is 1. The molecule has 1 N–H and O–H groups in total. The number of nitrogens with one attached hydrogen (secondary N) is 1. The number of ether oxygens (including phenoxy) is 1. The molecule has 6 nitrogen and oxygen atoms in total. The monoisotopic (exact) mass is 394 g/mol. The molecule has 0 spiro atoms. The minimum absolute atomic E-state index is 0.0547. The molecule has 1 atom stereocenters. The minimum Gasteiger partial charge on any atom is -0.376 e. The van der Waals surface area contributed by atoms with Crippen LogP contribution in [-0.2, 0) is 21.3 Å². The van der Waals surface area contributed by atoms with Crippen molar-refractivity contribution in [2.45, 2.75) is 30.4 Å². The van der Waals surface area contributed by atoms with Gasteiger partial charge in [0.2, 0.25) is 10.0 Å². The van der Waals surface area contributed by atoms with Gasteiger partial charge in [0.1, 0.15) is 0 Å². The van der Waals surface area contributed by atoms with Gasteiger partial charge in [-0.2, -0.15) is 4.31 Å². The van der Waals surface area contributed by atoms with E-state index in [-0.39, 0.29) is 23.5 Å². The molecule has 2 heterocycles. The van der Waals surface area contributed by atoms with E-state index in [4.69, 9.17) is 4.74 Å². The van der Waals surface area contributed by atoms with Crippen molar-refractivity contribution in [2.24, 2.45) is 0 Å². The summed E-state index contributed by atoms with van der Waals surface area (Å²) < 4.78 is 32.2. The molecule has 1 fully saturated rings. The maximum absolute atomic E-state index is 12.7. The molecule has 1 aliphatic heterocycles. The summed E-state index contributed by atoms with van der Waals surface area (Å²) in [5.74, 6) is -0.266. The molecule has 1 saturated heterocycles. The van der Waals surface area contributed by atoms with E-state index in [0.717, 1.165) is 36.3 Å². The Morgan fingerprint density at radius 1 is 1.35 bits per heavy atom. The van der Waals surface area contributed by atoms with E-state index in [0.29, 0.717) is 11.4 Å². The highest BCUT2D eigenvalue weighted by molar-refractivity contribution is 7.89. The Labute approximate surface area is 157 Å². The van der Waals surface area contributed by atoms with Gasteiger partial charge in [-0.1, -0.05) is 30.3 Å². The van der Waals surface area contributed by atoms with E-state index in [9.17, 15) is 13.2 Å². The molecule has 1 amide bonds. The number of sulfonamides is 1. The van der Waals surface area contributed by atoms with Crippen LogP contribution in [0.2, 0.25) is 0 Å². The molecule has 3 rings (SSSR count). The molecule has 0 radical (unpaired) electrons. The molecule has 2 aromatic rings. The predicted octanol–water partition coefficient (Wildman–Crippen LogP) is 2.48. The van der Waals surface area contributed by atoms with Gasteiger partial charge in [-0.3, -0.25) is 4.79 Å². The summed E-state index contributed by atoms with van der Waals surface area (Å²) in [6.07, 6.45) is 2.00. The Balaban J connectivity index is 1.64. The molecule has 8 heteroatoms. The van der Waals surface area contributed by atoms with Gasteiger partial charge >= 0.3 is 0 Å².